The van der Waals surface area contributed by atoms with Gasteiger partial charge in [0.05, 0.1) is 6.20 Å². The highest BCUT2D eigenvalue weighted by Crippen LogP contribution is 2.21. The molecule has 2 N–H and O–H groups in total. The predicted molar refractivity (Wildman–Crippen MR) is 66.6 cm³/mol. The molecule has 1 fully saturated rings. The first-order valence-corrected chi connectivity index (χ1v) is 6.26. The summed E-state index contributed by atoms with van der Waals surface area (Å²) in [6, 6.07) is 0.339. The minimum atomic E-state index is -0.381. The molecule has 1 saturated carbocycles. The molecular weight excluding hydrogens is 219 g/mol. The van der Waals surface area contributed by atoms with Crippen molar-refractivity contribution in [1.29, 1.82) is 0 Å². The third kappa shape index (κ3) is 3.28. The molecule has 0 aromatic carbocycles. The number of hydrogen-bond donors (Lipinski definition) is 2. The minimum absolute atomic E-state index is 0.316. The van der Waals surface area contributed by atoms with Crippen LogP contribution in [0.2, 0.25) is 0 Å². The van der Waals surface area contributed by atoms with Crippen molar-refractivity contribution in [3.63, 3.8) is 0 Å². The summed E-state index contributed by atoms with van der Waals surface area (Å²) in [7, 11) is 1.72. The lowest BCUT2D eigenvalue weighted by atomic mass is 10.1. The third-order valence-electron chi connectivity index (χ3n) is 3.16. The molecule has 0 spiro atoms. The maximum absolute atomic E-state index is 13.5. The summed E-state index contributed by atoms with van der Waals surface area (Å²) in [5.74, 6) is 0.381. The molecule has 1 aromatic heterocycles. The largest absolute Gasteiger partial charge is 0.365 e. The fourth-order valence-corrected chi connectivity index (χ4v) is 2.21. The summed E-state index contributed by atoms with van der Waals surface area (Å²) in [5, 5.41) is 6.01. The number of rotatable bonds is 3. The predicted octanol–water partition coefficient (Wildman–Crippen LogP) is 2.79. The van der Waals surface area contributed by atoms with Gasteiger partial charge in [0.1, 0.15) is 0 Å². The Morgan fingerprint density at radius 3 is 2.59 bits per heavy atom. The van der Waals surface area contributed by atoms with Crippen LogP contribution in [0.5, 0.6) is 0 Å². The van der Waals surface area contributed by atoms with Crippen LogP contribution in [-0.2, 0) is 0 Å². The van der Waals surface area contributed by atoms with Crippen LogP contribution in [0, 0.1) is 5.82 Å². The van der Waals surface area contributed by atoms with Gasteiger partial charge in [-0.25, -0.2) is 9.37 Å². The van der Waals surface area contributed by atoms with E-state index in [0.29, 0.717) is 17.8 Å². The van der Waals surface area contributed by atoms with Gasteiger partial charge < -0.3 is 10.6 Å². The number of nitrogens with zero attached hydrogens (tertiary/aromatic N) is 2. The van der Waals surface area contributed by atoms with Crippen LogP contribution in [0.15, 0.2) is 6.20 Å². The molecule has 0 bridgehead atoms. The van der Waals surface area contributed by atoms with Gasteiger partial charge in [-0.1, -0.05) is 25.7 Å². The Kier molecular flexibility index (Phi) is 4.12. The number of anilines is 2. The fourth-order valence-electron chi connectivity index (χ4n) is 2.21. The normalized spacial score (nSPS) is 17.5. The average Bonchev–Trinajstić information content (AvgIpc) is 2.60. The molecule has 1 heterocycles. The Bertz CT molecular complexity index is 362. The molecule has 0 atom stereocenters. The Balaban J connectivity index is 2.05. The monoisotopic (exact) mass is 238 g/mol. The Hall–Kier alpha value is -1.39. The van der Waals surface area contributed by atoms with Gasteiger partial charge in [-0.2, -0.15) is 4.98 Å². The second kappa shape index (κ2) is 5.80. The molecule has 0 aliphatic heterocycles. The maximum atomic E-state index is 13.5. The second-order valence-corrected chi connectivity index (χ2v) is 4.47. The van der Waals surface area contributed by atoms with Crippen LogP contribution < -0.4 is 10.6 Å². The zero-order valence-electron chi connectivity index (χ0n) is 10.2. The SMILES string of the molecule is CNc1ncc(F)c(NC2CCCCCC2)n1. The minimum Gasteiger partial charge on any atom is -0.365 e. The Labute approximate surface area is 101 Å². The molecule has 1 aliphatic carbocycles. The van der Waals surface area contributed by atoms with Gasteiger partial charge in [-0.05, 0) is 12.8 Å². The molecule has 0 unspecified atom stereocenters. The first-order valence-electron chi connectivity index (χ1n) is 6.26. The van der Waals surface area contributed by atoms with E-state index in [9.17, 15) is 4.39 Å². The number of aromatic nitrogens is 2. The first kappa shape index (κ1) is 12.1. The zero-order valence-corrected chi connectivity index (χ0v) is 10.2. The van der Waals surface area contributed by atoms with E-state index in [4.69, 9.17) is 0 Å². The van der Waals surface area contributed by atoms with Gasteiger partial charge in [0.15, 0.2) is 11.6 Å². The van der Waals surface area contributed by atoms with Crippen LogP contribution in [0.3, 0.4) is 0 Å². The van der Waals surface area contributed by atoms with Crippen LogP contribution >= 0.6 is 0 Å². The summed E-state index contributed by atoms with van der Waals surface area (Å²) in [6.07, 6.45) is 8.39. The summed E-state index contributed by atoms with van der Waals surface area (Å²) in [4.78, 5) is 7.94. The quantitative estimate of drug-likeness (QED) is 0.795. The lowest BCUT2D eigenvalue weighted by Gasteiger charge is -2.17. The van der Waals surface area contributed by atoms with Crippen LogP contribution in [0.1, 0.15) is 38.5 Å². The van der Waals surface area contributed by atoms with Crippen molar-refractivity contribution in [2.24, 2.45) is 0 Å². The average molecular weight is 238 g/mol. The molecular formula is C12H19FN4. The molecule has 17 heavy (non-hydrogen) atoms. The van der Waals surface area contributed by atoms with E-state index in [2.05, 4.69) is 20.6 Å². The van der Waals surface area contributed by atoms with Gasteiger partial charge in [0, 0.05) is 13.1 Å². The molecule has 0 radical (unpaired) electrons. The van der Waals surface area contributed by atoms with E-state index >= 15 is 0 Å². The number of halogens is 1. The van der Waals surface area contributed by atoms with Gasteiger partial charge in [0.25, 0.3) is 0 Å². The van der Waals surface area contributed by atoms with Crippen molar-refractivity contribution < 1.29 is 4.39 Å². The highest BCUT2D eigenvalue weighted by Gasteiger charge is 2.15. The zero-order chi connectivity index (χ0) is 12.1. The molecule has 5 heteroatoms. The molecule has 2 rings (SSSR count). The molecule has 4 nitrogen and oxygen atoms in total. The van der Waals surface area contributed by atoms with Crippen LogP contribution in [0.25, 0.3) is 0 Å². The van der Waals surface area contributed by atoms with Gasteiger partial charge in [0.2, 0.25) is 5.95 Å². The summed E-state index contributed by atoms with van der Waals surface area (Å²) in [6.45, 7) is 0. The van der Waals surface area contributed by atoms with E-state index in [1.807, 2.05) is 0 Å². The molecule has 0 amide bonds. The molecule has 1 aliphatic rings. The van der Waals surface area contributed by atoms with E-state index < -0.39 is 0 Å². The first-order chi connectivity index (χ1) is 8.29. The lowest BCUT2D eigenvalue weighted by molar-refractivity contribution is 0.587. The highest BCUT2D eigenvalue weighted by atomic mass is 19.1. The van der Waals surface area contributed by atoms with Crippen molar-refractivity contribution in [3.05, 3.63) is 12.0 Å². The third-order valence-corrected chi connectivity index (χ3v) is 3.16. The van der Waals surface area contributed by atoms with Gasteiger partial charge >= 0.3 is 0 Å². The van der Waals surface area contributed by atoms with E-state index in [1.54, 1.807) is 7.05 Å². The topological polar surface area (TPSA) is 49.8 Å². The van der Waals surface area contributed by atoms with E-state index in [1.165, 1.54) is 31.9 Å². The lowest BCUT2D eigenvalue weighted by Crippen LogP contribution is -2.20. The van der Waals surface area contributed by atoms with E-state index in [-0.39, 0.29) is 5.82 Å². The highest BCUT2D eigenvalue weighted by molar-refractivity contribution is 5.41. The Morgan fingerprint density at radius 1 is 1.24 bits per heavy atom. The maximum Gasteiger partial charge on any atom is 0.224 e. The summed E-state index contributed by atoms with van der Waals surface area (Å²) >= 11 is 0. The van der Waals surface area contributed by atoms with Gasteiger partial charge in [-0.15, -0.1) is 0 Å². The van der Waals surface area contributed by atoms with Crippen molar-refractivity contribution in [2.75, 3.05) is 17.7 Å². The summed E-state index contributed by atoms with van der Waals surface area (Å²) < 4.78 is 13.5. The van der Waals surface area contributed by atoms with Crippen molar-refractivity contribution in [1.82, 2.24) is 9.97 Å². The Morgan fingerprint density at radius 2 is 1.94 bits per heavy atom. The molecule has 94 valence electrons. The molecule has 1 aromatic rings. The smallest absolute Gasteiger partial charge is 0.224 e. The van der Waals surface area contributed by atoms with Crippen molar-refractivity contribution in [2.45, 2.75) is 44.6 Å². The number of hydrogen-bond acceptors (Lipinski definition) is 4. The molecule has 0 saturated heterocycles. The van der Waals surface area contributed by atoms with Crippen molar-refractivity contribution in [3.8, 4) is 0 Å². The number of nitrogens with one attached hydrogen (secondary N) is 2. The summed E-state index contributed by atoms with van der Waals surface area (Å²) in [5.41, 5.74) is 0. The van der Waals surface area contributed by atoms with E-state index in [0.717, 1.165) is 12.8 Å². The van der Waals surface area contributed by atoms with Crippen molar-refractivity contribution >= 4 is 11.8 Å². The van der Waals surface area contributed by atoms with Gasteiger partial charge in [-0.3, -0.25) is 0 Å². The fraction of sp³-hybridized carbons (Fsp3) is 0.667. The standard InChI is InChI=1S/C12H19FN4/c1-14-12-15-8-10(13)11(17-12)16-9-6-4-2-3-5-7-9/h8-9H,2-7H2,1H3,(H2,14,15,16,17). The second-order valence-electron chi connectivity index (χ2n) is 4.47. The van der Waals surface area contributed by atoms with Crippen LogP contribution in [-0.4, -0.2) is 23.1 Å². The van der Waals surface area contributed by atoms with Crippen LogP contribution in [0.4, 0.5) is 16.2 Å².